The number of fused-ring (bicyclic) bond motifs is 1. The molecule has 1 fully saturated rings. The number of halogens is 1. The van der Waals surface area contributed by atoms with Crippen molar-refractivity contribution in [2.75, 3.05) is 7.05 Å². The zero-order valence-corrected chi connectivity index (χ0v) is 17.0. The summed E-state index contributed by atoms with van der Waals surface area (Å²) in [5.74, 6) is 0.139. The highest BCUT2D eigenvalue weighted by molar-refractivity contribution is 6.33. The SMILES string of the molecule is CNCc1nc2ccccc2n1CC(=O)NN1C(=O)[C@@H](Cl)[C@H]1c1ccc(C)cc1. The minimum absolute atomic E-state index is 0.0505. The number of carbonyl (C=O) groups excluding carboxylic acids is 2. The van der Waals surface area contributed by atoms with Gasteiger partial charge in [0, 0.05) is 0 Å². The molecular formula is C21H22ClN5O2. The van der Waals surface area contributed by atoms with Crippen LogP contribution in [0.25, 0.3) is 11.0 Å². The van der Waals surface area contributed by atoms with Gasteiger partial charge in [-0.25, -0.2) is 9.99 Å². The fourth-order valence-corrected chi connectivity index (χ4v) is 3.93. The predicted molar refractivity (Wildman–Crippen MR) is 111 cm³/mol. The minimum atomic E-state index is -0.688. The summed E-state index contributed by atoms with van der Waals surface area (Å²) in [7, 11) is 1.83. The lowest BCUT2D eigenvalue weighted by Gasteiger charge is -2.44. The van der Waals surface area contributed by atoms with Crippen molar-refractivity contribution in [1.82, 2.24) is 25.3 Å². The van der Waals surface area contributed by atoms with Gasteiger partial charge in [0.15, 0.2) is 0 Å². The fraction of sp³-hybridized carbons (Fsp3) is 0.286. The average Bonchev–Trinajstić information content (AvgIpc) is 3.06. The topological polar surface area (TPSA) is 79.3 Å². The molecule has 29 heavy (non-hydrogen) atoms. The highest BCUT2D eigenvalue weighted by Gasteiger charge is 2.48. The first-order valence-electron chi connectivity index (χ1n) is 9.41. The number of aryl methyl sites for hydroxylation is 1. The molecule has 1 aromatic heterocycles. The first kappa shape index (κ1) is 19.4. The Hall–Kier alpha value is -2.90. The lowest BCUT2D eigenvalue weighted by Crippen LogP contribution is -2.63. The van der Waals surface area contributed by atoms with E-state index in [1.54, 1.807) is 0 Å². The monoisotopic (exact) mass is 411 g/mol. The van der Waals surface area contributed by atoms with Gasteiger partial charge in [-0.05, 0) is 31.7 Å². The number of β-lactam (4-membered cyclic amide) rings is 1. The average molecular weight is 412 g/mol. The summed E-state index contributed by atoms with van der Waals surface area (Å²) in [6.45, 7) is 2.57. The Morgan fingerprint density at radius 2 is 1.90 bits per heavy atom. The van der Waals surface area contributed by atoms with E-state index < -0.39 is 5.38 Å². The van der Waals surface area contributed by atoms with Crippen molar-refractivity contribution < 1.29 is 9.59 Å². The highest BCUT2D eigenvalue weighted by atomic mass is 35.5. The summed E-state index contributed by atoms with van der Waals surface area (Å²) in [6.07, 6.45) is 0. The smallest absolute Gasteiger partial charge is 0.262 e. The van der Waals surface area contributed by atoms with Crippen molar-refractivity contribution in [3.8, 4) is 0 Å². The van der Waals surface area contributed by atoms with E-state index >= 15 is 0 Å². The van der Waals surface area contributed by atoms with Crippen LogP contribution in [0.3, 0.4) is 0 Å². The Kier molecular flexibility index (Phi) is 5.25. The number of rotatable bonds is 6. The summed E-state index contributed by atoms with van der Waals surface area (Å²) in [5.41, 5.74) is 6.42. The van der Waals surface area contributed by atoms with Crippen molar-refractivity contribution in [2.45, 2.75) is 31.4 Å². The number of carbonyl (C=O) groups is 2. The molecule has 0 aliphatic carbocycles. The lowest BCUT2D eigenvalue weighted by atomic mass is 9.95. The number of para-hydroxylation sites is 2. The second-order valence-electron chi connectivity index (χ2n) is 7.13. The van der Waals surface area contributed by atoms with Gasteiger partial charge in [0.05, 0.1) is 17.6 Å². The van der Waals surface area contributed by atoms with Gasteiger partial charge >= 0.3 is 0 Å². The zero-order valence-electron chi connectivity index (χ0n) is 16.2. The number of hydrazine groups is 1. The number of benzene rings is 2. The maximum Gasteiger partial charge on any atom is 0.262 e. The summed E-state index contributed by atoms with van der Waals surface area (Å²) in [6, 6.07) is 15.0. The standard InChI is InChI=1S/C21H22ClN5O2/c1-13-7-9-14(10-8-13)20-19(22)21(29)27(20)25-18(28)12-26-16-6-4-3-5-15(16)24-17(26)11-23-2/h3-10,19-20,23H,11-12H2,1-2H3,(H,25,28)/t19-,20+/m0/s1. The number of imidazole rings is 1. The molecule has 0 spiro atoms. The third-order valence-electron chi connectivity index (χ3n) is 5.06. The van der Waals surface area contributed by atoms with Crippen LogP contribution in [0.1, 0.15) is 23.0 Å². The summed E-state index contributed by atoms with van der Waals surface area (Å²) in [4.78, 5) is 29.6. The molecule has 4 rings (SSSR count). The molecule has 0 unspecified atom stereocenters. The van der Waals surface area contributed by atoms with Crippen LogP contribution in [0.15, 0.2) is 48.5 Å². The van der Waals surface area contributed by atoms with Gasteiger partial charge in [0.2, 0.25) is 0 Å². The molecule has 1 aliphatic heterocycles. The molecule has 0 saturated carbocycles. The van der Waals surface area contributed by atoms with Gasteiger partial charge in [-0.15, -0.1) is 11.6 Å². The van der Waals surface area contributed by atoms with E-state index in [1.807, 2.05) is 67.1 Å². The zero-order chi connectivity index (χ0) is 20.5. The quantitative estimate of drug-likeness (QED) is 0.482. The van der Waals surface area contributed by atoms with Crippen LogP contribution in [-0.4, -0.2) is 38.8 Å². The van der Waals surface area contributed by atoms with Crippen molar-refractivity contribution >= 4 is 34.4 Å². The Balaban J connectivity index is 1.54. The maximum atomic E-state index is 12.8. The van der Waals surface area contributed by atoms with E-state index in [4.69, 9.17) is 11.6 Å². The number of nitrogens with zero attached hydrogens (tertiary/aromatic N) is 3. The first-order valence-corrected chi connectivity index (χ1v) is 9.85. The number of alkyl halides is 1. The Morgan fingerprint density at radius 3 is 2.62 bits per heavy atom. The van der Waals surface area contributed by atoms with Crippen molar-refractivity contribution in [2.24, 2.45) is 0 Å². The van der Waals surface area contributed by atoms with Crippen LogP contribution in [0.4, 0.5) is 0 Å². The first-order chi connectivity index (χ1) is 14.0. The van der Waals surface area contributed by atoms with Crippen LogP contribution >= 0.6 is 11.6 Å². The second kappa shape index (κ2) is 7.85. The molecule has 8 heteroatoms. The van der Waals surface area contributed by atoms with E-state index in [2.05, 4.69) is 15.7 Å². The number of nitrogens with one attached hydrogen (secondary N) is 2. The third-order valence-corrected chi connectivity index (χ3v) is 5.49. The maximum absolute atomic E-state index is 12.8. The molecule has 2 amide bonds. The molecule has 1 saturated heterocycles. The lowest BCUT2D eigenvalue weighted by molar-refractivity contribution is -0.156. The van der Waals surface area contributed by atoms with Gasteiger partial charge in [0.1, 0.15) is 23.8 Å². The molecule has 2 atom stereocenters. The summed E-state index contributed by atoms with van der Waals surface area (Å²) in [5, 5.41) is 3.70. The molecular weight excluding hydrogens is 390 g/mol. The number of hydrogen-bond acceptors (Lipinski definition) is 4. The molecule has 7 nitrogen and oxygen atoms in total. The van der Waals surface area contributed by atoms with Crippen LogP contribution in [0.2, 0.25) is 0 Å². The minimum Gasteiger partial charge on any atom is -0.317 e. The van der Waals surface area contributed by atoms with E-state index in [9.17, 15) is 9.59 Å². The highest BCUT2D eigenvalue weighted by Crippen LogP contribution is 2.37. The molecule has 150 valence electrons. The van der Waals surface area contributed by atoms with Crippen LogP contribution < -0.4 is 10.7 Å². The Labute approximate surface area is 173 Å². The summed E-state index contributed by atoms with van der Waals surface area (Å²) >= 11 is 6.24. The second-order valence-corrected chi connectivity index (χ2v) is 7.60. The van der Waals surface area contributed by atoms with Crippen LogP contribution in [0.5, 0.6) is 0 Å². The number of hydrogen-bond donors (Lipinski definition) is 2. The van der Waals surface area contributed by atoms with E-state index in [0.29, 0.717) is 6.54 Å². The largest absolute Gasteiger partial charge is 0.317 e. The van der Waals surface area contributed by atoms with Crippen LogP contribution in [0, 0.1) is 6.92 Å². The molecule has 2 heterocycles. The van der Waals surface area contributed by atoms with E-state index in [0.717, 1.165) is 28.0 Å². The van der Waals surface area contributed by atoms with Crippen molar-refractivity contribution in [3.63, 3.8) is 0 Å². The third kappa shape index (κ3) is 3.59. The van der Waals surface area contributed by atoms with Gasteiger partial charge in [-0.1, -0.05) is 42.0 Å². The van der Waals surface area contributed by atoms with E-state index in [-0.39, 0.29) is 24.4 Å². The van der Waals surface area contributed by atoms with Crippen molar-refractivity contribution in [1.29, 1.82) is 0 Å². The Morgan fingerprint density at radius 1 is 1.17 bits per heavy atom. The molecule has 2 aromatic carbocycles. The fourth-order valence-electron chi connectivity index (χ4n) is 3.57. The van der Waals surface area contributed by atoms with Crippen molar-refractivity contribution in [3.05, 3.63) is 65.5 Å². The summed E-state index contributed by atoms with van der Waals surface area (Å²) < 4.78 is 1.85. The predicted octanol–water partition coefficient (Wildman–Crippen LogP) is 2.29. The van der Waals surface area contributed by atoms with Gasteiger partial charge in [0.25, 0.3) is 11.8 Å². The van der Waals surface area contributed by atoms with Gasteiger partial charge < -0.3 is 9.88 Å². The molecule has 0 radical (unpaired) electrons. The number of aromatic nitrogens is 2. The molecule has 0 bridgehead atoms. The van der Waals surface area contributed by atoms with Crippen LogP contribution in [-0.2, 0) is 22.7 Å². The number of amides is 2. The Bertz CT molecular complexity index is 1060. The molecule has 3 aromatic rings. The van der Waals surface area contributed by atoms with E-state index in [1.165, 1.54) is 5.01 Å². The van der Waals surface area contributed by atoms with Gasteiger partial charge in [-0.3, -0.25) is 15.0 Å². The van der Waals surface area contributed by atoms with Gasteiger partial charge in [-0.2, -0.15) is 0 Å². The normalized spacial score (nSPS) is 18.7. The molecule has 1 aliphatic rings. The molecule has 2 N–H and O–H groups in total.